The topological polar surface area (TPSA) is 57.7 Å². The van der Waals surface area contributed by atoms with Crippen molar-refractivity contribution < 1.29 is 13.2 Å². The third kappa shape index (κ3) is 3.71. The van der Waals surface area contributed by atoms with Gasteiger partial charge in [0.15, 0.2) is 5.69 Å². The lowest BCUT2D eigenvalue weighted by Gasteiger charge is -2.29. The van der Waals surface area contributed by atoms with Gasteiger partial charge in [0.2, 0.25) is 0 Å². The molecule has 0 saturated heterocycles. The summed E-state index contributed by atoms with van der Waals surface area (Å²) in [5, 5.41) is 9.23. The van der Waals surface area contributed by atoms with Gasteiger partial charge in [-0.05, 0) is 18.4 Å². The minimum absolute atomic E-state index is 0.154. The zero-order valence-corrected chi connectivity index (χ0v) is 14.1. The van der Waals surface area contributed by atoms with E-state index in [0.29, 0.717) is 41.7 Å². The number of rotatable bonds is 3. The summed E-state index contributed by atoms with van der Waals surface area (Å²) in [5.41, 5.74) is -0.462. The van der Waals surface area contributed by atoms with E-state index in [0.717, 1.165) is 12.6 Å². The van der Waals surface area contributed by atoms with Gasteiger partial charge < -0.3 is 9.47 Å². The molecule has 0 saturated carbocycles. The molecule has 0 fully saturated rings. The number of fused-ring (bicyclic) bond motifs is 1. The third-order valence-corrected chi connectivity index (χ3v) is 4.50. The zero-order chi connectivity index (χ0) is 18.2. The molecule has 0 aromatic carbocycles. The van der Waals surface area contributed by atoms with Crippen LogP contribution in [0.2, 0.25) is 5.02 Å². The lowest BCUT2D eigenvalue weighted by molar-refractivity contribution is -0.141. The molecule has 1 aliphatic heterocycles. The largest absolute Gasteiger partial charge is 0.434 e. The first-order valence-corrected chi connectivity index (χ1v) is 8.05. The standard InChI is InChI=1S/C16H15ClF3N5/c1-24(15-12(17)4-11(5-21)6-22-15)7-10-2-3-14-23-13(16(18,19)20)9-25(14)8-10/h4,6,9-10H,2-3,7-8H2,1H3. The molecule has 0 radical (unpaired) electrons. The van der Waals surface area contributed by atoms with Crippen molar-refractivity contribution in [2.75, 3.05) is 18.5 Å². The van der Waals surface area contributed by atoms with Gasteiger partial charge in [-0.2, -0.15) is 18.4 Å². The van der Waals surface area contributed by atoms with Crippen LogP contribution in [0.4, 0.5) is 19.0 Å². The van der Waals surface area contributed by atoms with E-state index in [9.17, 15) is 13.2 Å². The van der Waals surface area contributed by atoms with E-state index in [4.69, 9.17) is 16.9 Å². The average molecular weight is 370 g/mol. The molecule has 1 atom stereocenters. The van der Waals surface area contributed by atoms with Gasteiger partial charge in [0, 0.05) is 39.0 Å². The van der Waals surface area contributed by atoms with E-state index in [1.165, 1.54) is 6.20 Å². The number of halogens is 4. The van der Waals surface area contributed by atoms with E-state index in [1.807, 2.05) is 18.0 Å². The van der Waals surface area contributed by atoms with Crippen molar-refractivity contribution in [1.82, 2.24) is 14.5 Å². The molecule has 3 heterocycles. The number of imidazole rings is 1. The Morgan fingerprint density at radius 1 is 1.48 bits per heavy atom. The fraction of sp³-hybridized carbons (Fsp3) is 0.438. The van der Waals surface area contributed by atoms with Crippen molar-refractivity contribution in [2.45, 2.75) is 25.6 Å². The van der Waals surface area contributed by atoms with E-state index in [-0.39, 0.29) is 5.92 Å². The summed E-state index contributed by atoms with van der Waals surface area (Å²) in [4.78, 5) is 9.75. The molecule has 3 rings (SSSR count). The highest BCUT2D eigenvalue weighted by atomic mass is 35.5. The summed E-state index contributed by atoms with van der Waals surface area (Å²) >= 11 is 6.16. The van der Waals surface area contributed by atoms with E-state index in [1.54, 1.807) is 10.6 Å². The molecule has 1 aliphatic rings. The predicted molar refractivity (Wildman–Crippen MR) is 86.3 cm³/mol. The lowest BCUT2D eigenvalue weighted by atomic mass is 9.99. The number of nitrogens with zero attached hydrogens (tertiary/aromatic N) is 5. The summed E-state index contributed by atoms with van der Waals surface area (Å²) in [6, 6.07) is 3.52. The molecule has 0 spiro atoms. The molecule has 9 heteroatoms. The first-order chi connectivity index (χ1) is 11.8. The van der Waals surface area contributed by atoms with Crippen LogP contribution in [-0.4, -0.2) is 28.1 Å². The maximum atomic E-state index is 12.8. The van der Waals surface area contributed by atoms with Gasteiger partial charge in [-0.3, -0.25) is 0 Å². The van der Waals surface area contributed by atoms with Crippen LogP contribution in [0.15, 0.2) is 18.5 Å². The molecule has 1 unspecified atom stereocenters. The van der Waals surface area contributed by atoms with Crippen molar-refractivity contribution in [3.8, 4) is 6.07 Å². The van der Waals surface area contributed by atoms with Gasteiger partial charge in [-0.15, -0.1) is 0 Å². The first kappa shape index (κ1) is 17.5. The smallest absolute Gasteiger partial charge is 0.358 e. The molecule has 0 bridgehead atoms. The maximum Gasteiger partial charge on any atom is 0.434 e. The summed E-state index contributed by atoms with van der Waals surface area (Å²) < 4.78 is 39.9. The second-order valence-corrected chi connectivity index (χ2v) is 6.53. The molecule has 5 nitrogen and oxygen atoms in total. The summed E-state index contributed by atoms with van der Waals surface area (Å²) in [6.45, 7) is 1.06. The SMILES string of the molecule is CN(CC1CCc2nc(C(F)(F)F)cn2C1)c1ncc(C#N)cc1Cl. The summed E-state index contributed by atoms with van der Waals surface area (Å²) in [6.07, 6.45) is -0.650. The van der Waals surface area contributed by atoms with Crippen LogP contribution in [0.5, 0.6) is 0 Å². The van der Waals surface area contributed by atoms with Crippen molar-refractivity contribution in [2.24, 2.45) is 5.92 Å². The van der Waals surface area contributed by atoms with Crippen molar-refractivity contribution in [3.05, 3.63) is 40.6 Å². The van der Waals surface area contributed by atoms with Crippen molar-refractivity contribution >= 4 is 17.4 Å². The Bertz CT molecular complexity index is 824. The molecule has 0 aliphatic carbocycles. The molecule has 2 aromatic rings. The number of anilines is 1. The van der Waals surface area contributed by atoms with Gasteiger partial charge in [0.25, 0.3) is 0 Å². The molecule has 0 N–H and O–H groups in total. The molecular weight excluding hydrogens is 355 g/mol. The number of alkyl halides is 3. The summed E-state index contributed by atoms with van der Waals surface area (Å²) in [7, 11) is 1.82. The van der Waals surface area contributed by atoms with Crippen LogP contribution < -0.4 is 4.90 Å². The van der Waals surface area contributed by atoms with Crippen molar-refractivity contribution in [1.29, 1.82) is 5.26 Å². The van der Waals surface area contributed by atoms with Crippen LogP contribution in [0, 0.1) is 17.2 Å². The number of hydrogen-bond acceptors (Lipinski definition) is 4. The van der Waals surface area contributed by atoms with Crippen LogP contribution >= 0.6 is 11.6 Å². The second kappa shape index (κ2) is 6.56. The van der Waals surface area contributed by atoms with E-state index < -0.39 is 11.9 Å². The monoisotopic (exact) mass is 369 g/mol. The Labute approximate surface area is 147 Å². The minimum Gasteiger partial charge on any atom is -0.358 e. The predicted octanol–water partition coefficient (Wildman–Crippen LogP) is 3.52. The number of aromatic nitrogens is 3. The van der Waals surface area contributed by atoms with Gasteiger partial charge in [-0.1, -0.05) is 11.6 Å². The first-order valence-electron chi connectivity index (χ1n) is 7.68. The Morgan fingerprint density at radius 2 is 2.24 bits per heavy atom. The van der Waals surface area contributed by atoms with Gasteiger partial charge in [0.05, 0.1) is 10.6 Å². The highest BCUT2D eigenvalue weighted by Crippen LogP contribution is 2.31. The normalized spacial score (nSPS) is 17.0. The van der Waals surface area contributed by atoms with Crippen LogP contribution in [0.25, 0.3) is 0 Å². The van der Waals surface area contributed by atoms with Gasteiger partial charge in [-0.25, -0.2) is 9.97 Å². The quantitative estimate of drug-likeness (QED) is 0.830. The minimum atomic E-state index is -4.42. The van der Waals surface area contributed by atoms with Crippen LogP contribution in [-0.2, 0) is 19.1 Å². The Hall–Kier alpha value is -2.27. The fourth-order valence-electron chi connectivity index (χ4n) is 3.05. The Morgan fingerprint density at radius 3 is 2.88 bits per heavy atom. The van der Waals surface area contributed by atoms with Gasteiger partial charge >= 0.3 is 6.18 Å². The van der Waals surface area contributed by atoms with Crippen LogP contribution in [0.1, 0.15) is 23.5 Å². The molecule has 132 valence electrons. The molecular formula is C16H15ClF3N5. The highest BCUT2D eigenvalue weighted by molar-refractivity contribution is 6.33. The lowest BCUT2D eigenvalue weighted by Crippen LogP contribution is -2.32. The average Bonchev–Trinajstić information content (AvgIpc) is 2.98. The number of hydrogen-bond donors (Lipinski definition) is 0. The van der Waals surface area contributed by atoms with E-state index >= 15 is 0 Å². The second-order valence-electron chi connectivity index (χ2n) is 6.12. The maximum absolute atomic E-state index is 12.8. The highest BCUT2D eigenvalue weighted by Gasteiger charge is 2.35. The number of aryl methyl sites for hydroxylation is 1. The van der Waals surface area contributed by atoms with Gasteiger partial charge in [0.1, 0.15) is 17.7 Å². The van der Waals surface area contributed by atoms with Crippen molar-refractivity contribution in [3.63, 3.8) is 0 Å². The van der Waals surface area contributed by atoms with Crippen LogP contribution in [0.3, 0.4) is 0 Å². The summed E-state index contributed by atoms with van der Waals surface area (Å²) in [5.74, 6) is 1.18. The third-order valence-electron chi connectivity index (χ3n) is 4.23. The molecule has 2 aromatic heterocycles. The molecule has 0 amide bonds. The Kier molecular flexibility index (Phi) is 4.60. The number of pyridine rings is 1. The Balaban J connectivity index is 1.71. The molecule has 25 heavy (non-hydrogen) atoms. The number of nitriles is 1. The zero-order valence-electron chi connectivity index (χ0n) is 13.4. The van der Waals surface area contributed by atoms with E-state index in [2.05, 4.69) is 9.97 Å². The fourth-order valence-corrected chi connectivity index (χ4v) is 3.36.